The summed E-state index contributed by atoms with van der Waals surface area (Å²) in [5.41, 5.74) is 3.28. The van der Waals surface area contributed by atoms with Crippen molar-refractivity contribution in [3.8, 4) is 0 Å². The van der Waals surface area contributed by atoms with Gasteiger partial charge in [-0.2, -0.15) is 0 Å². The third-order valence-corrected chi connectivity index (χ3v) is 6.78. The lowest BCUT2D eigenvalue weighted by atomic mass is 9.99. The highest BCUT2D eigenvalue weighted by Crippen LogP contribution is 2.34. The number of hydrogen-bond donors (Lipinski definition) is 2. The summed E-state index contributed by atoms with van der Waals surface area (Å²) in [6.45, 7) is 1.72. The minimum Gasteiger partial charge on any atom is -0.336 e. The number of anilines is 3. The van der Waals surface area contributed by atoms with E-state index in [4.69, 9.17) is 0 Å². The van der Waals surface area contributed by atoms with Gasteiger partial charge < -0.3 is 15.5 Å². The lowest BCUT2D eigenvalue weighted by Gasteiger charge is -2.31. The Morgan fingerprint density at radius 2 is 1.97 bits per heavy atom. The Bertz CT molecular complexity index is 1260. The number of amides is 4. The zero-order valence-corrected chi connectivity index (χ0v) is 19.0. The van der Waals surface area contributed by atoms with Crippen LogP contribution in [0.25, 0.3) is 0 Å². The molecule has 0 radical (unpaired) electrons. The van der Waals surface area contributed by atoms with Gasteiger partial charge in [0.25, 0.3) is 5.91 Å². The van der Waals surface area contributed by atoms with Crippen molar-refractivity contribution in [2.45, 2.75) is 19.3 Å². The molecule has 8 nitrogen and oxygen atoms in total. The molecule has 3 aromatic rings. The highest BCUT2D eigenvalue weighted by atomic mass is 32.1. The van der Waals surface area contributed by atoms with Crippen molar-refractivity contribution in [1.82, 2.24) is 10.3 Å². The van der Waals surface area contributed by atoms with Crippen molar-refractivity contribution in [3.63, 3.8) is 0 Å². The third kappa shape index (κ3) is 4.36. The van der Waals surface area contributed by atoms with Crippen molar-refractivity contribution < 1.29 is 18.8 Å². The first kappa shape index (κ1) is 22.0. The van der Waals surface area contributed by atoms with Crippen LogP contribution in [0.3, 0.4) is 0 Å². The van der Waals surface area contributed by atoms with Gasteiger partial charge in [-0.1, -0.05) is 6.07 Å². The van der Waals surface area contributed by atoms with Gasteiger partial charge in [-0.15, -0.1) is 11.3 Å². The number of urea groups is 1. The maximum Gasteiger partial charge on any atom is 0.323 e. The Labute approximate surface area is 199 Å². The third-order valence-electron chi connectivity index (χ3n) is 5.87. The molecule has 0 unspecified atom stereocenters. The molecule has 34 heavy (non-hydrogen) atoms. The number of fused-ring (bicyclic) bond motifs is 1. The second-order valence-corrected chi connectivity index (χ2v) is 8.93. The van der Waals surface area contributed by atoms with Gasteiger partial charge >= 0.3 is 6.03 Å². The van der Waals surface area contributed by atoms with Crippen molar-refractivity contribution in [1.29, 1.82) is 0 Å². The molecular weight excluding hydrogens is 457 g/mol. The molecule has 0 bridgehead atoms. The zero-order chi connectivity index (χ0) is 23.7. The molecule has 1 fully saturated rings. The summed E-state index contributed by atoms with van der Waals surface area (Å²) >= 11 is 1.35. The van der Waals surface area contributed by atoms with Crippen LogP contribution < -0.4 is 20.4 Å². The van der Waals surface area contributed by atoms with E-state index in [0.717, 1.165) is 24.1 Å². The van der Waals surface area contributed by atoms with E-state index in [1.54, 1.807) is 15.9 Å². The summed E-state index contributed by atoms with van der Waals surface area (Å²) in [4.78, 5) is 45.5. The summed E-state index contributed by atoms with van der Waals surface area (Å²) < 4.78 is 13.2. The fourth-order valence-corrected chi connectivity index (χ4v) is 5.05. The number of carbonyl (C=O) groups excluding carboxylic acids is 3. The Morgan fingerprint density at radius 1 is 1.15 bits per heavy atom. The van der Waals surface area contributed by atoms with E-state index in [1.807, 2.05) is 17.5 Å². The highest BCUT2D eigenvalue weighted by molar-refractivity contribution is 7.14. The van der Waals surface area contributed by atoms with Crippen molar-refractivity contribution in [2.75, 3.05) is 34.8 Å². The largest absolute Gasteiger partial charge is 0.336 e. The standard InChI is InChI=1S/C24H22FN5O3S/c25-16-8-6-15(7-9-16)22(32)28-19-4-1-5-20-18(19)3-2-11-29(20)21(31)13-17-14-34-24(27-17)30-12-10-26-23(30)33/h1,4-9,14H,2-3,10-13H2,(H,26,33)(H,28,32). The predicted octanol–water partition coefficient (Wildman–Crippen LogP) is 3.59. The van der Waals surface area contributed by atoms with Crippen molar-refractivity contribution in [3.05, 3.63) is 70.5 Å². The quantitative estimate of drug-likeness (QED) is 0.585. The highest BCUT2D eigenvalue weighted by Gasteiger charge is 2.27. The van der Waals surface area contributed by atoms with Crippen LogP contribution in [-0.2, 0) is 17.6 Å². The number of aromatic nitrogens is 1. The van der Waals surface area contributed by atoms with Crippen LogP contribution in [0.4, 0.5) is 25.7 Å². The smallest absolute Gasteiger partial charge is 0.323 e. The Hall–Kier alpha value is -3.79. The second kappa shape index (κ2) is 9.22. The number of carbonyl (C=O) groups is 3. The van der Waals surface area contributed by atoms with E-state index in [2.05, 4.69) is 15.6 Å². The summed E-state index contributed by atoms with van der Waals surface area (Å²) in [6.07, 6.45) is 1.61. The summed E-state index contributed by atoms with van der Waals surface area (Å²) in [5.74, 6) is -0.831. The Morgan fingerprint density at radius 3 is 2.74 bits per heavy atom. The van der Waals surface area contributed by atoms with Crippen LogP contribution in [0.2, 0.25) is 0 Å². The molecular formula is C24H22FN5O3S. The Kier molecular flexibility index (Phi) is 5.97. The molecule has 4 amide bonds. The number of thiazole rings is 1. The number of nitrogens with one attached hydrogen (secondary N) is 2. The fourth-order valence-electron chi connectivity index (χ4n) is 4.20. The molecule has 2 N–H and O–H groups in total. The summed E-state index contributed by atoms with van der Waals surface area (Å²) in [6, 6.07) is 10.7. The SMILES string of the molecule is O=C(Nc1cccc2c1CCCN2C(=O)Cc1csc(N2CCNC2=O)n1)c1ccc(F)cc1. The molecule has 0 spiro atoms. The van der Waals surface area contributed by atoms with Crippen LogP contribution in [0.15, 0.2) is 47.8 Å². The van der Waals surface area contributed by atoms with Crippen LogP contribution in [0.1, 0.15) is 28.0 Å². The molecule has 5 rings (SSSR count). The van der Waals surface area contributed by atoms with Gasteiger partial charge in [0.2, 0.25) is 5.91 Å². The first-order valence-corrected chi connectivity index (χ1v) is 11.9. The van der Waals surface area contributed by atoms with E-state index in [9.17, 15) is 18.8 Å². The fraction of sp³-hybridized carbons (Fsp3) is 0.250. The minimum atomic E-state index is -0.404. The second-order valence-electron chi connectivity index (χ2n) is 8.09. The number of hydrogen-bond acceptors (Lipinski definition) is 5. The van der Waals surface area contributed by atoms with E-state index in [-0.39, 0.29) is 24.3 Å². The average molecular weight is 480 g/mol. The van der Waals surface area contributed by atoms with Gasteiger partial charge in [-0.05, 0) is 54.8 Å². The number of halogens is 1. The lowest BCUT2D eigenvalue weighted by molar-refractivity contribution is -0.118. The van der Waals surface area contributed by atoms with Gasteiger partial charge in [0.05, 0.1) is 12.1 Å². The van der Waals surface area contributed by atoms with Gasteiger partial charge in [0.1, 0.15) is 5.82 Å². The molecule has 0 aliphatic carbocycles. The zero-order valence-electron chi connectivity index (χ0n) is 18.2. The number of nitrogens with zero attached hydrogens (tertiary/aromatic N) is 3. The monoisotopic (exact) mass is 479 g/mol. The number of benzene rings is 2. The molecule has 0 saturated carbocycles. The summed E-state index contributed by atoms with van der Waals surface area (Å²) in [5, 5.41) is 8.04. The lowest BCUT2D eigenvalue weighted by Crippen LogP contribution is -2.37. The molecule has 2 aromatic carbocycles. The molecule has 0 atom stereocenters. The van der Waals surface area contributed by atoms with Crippen LogP contribution in [0.5, 0.6) is 0 Å². The van der Waals surface area contributed by atoms with Gasteiger partial charge in [0, 0.05) is 42.0 Å². The molecule has 174 valence electrons. The van der Waals surface area contributed by atoms with E-state index < -0.39 is 5.82 Å². The average Bonchev–Trinajstić information content (AvgIpc) is 3.47. The molecule has 2 aliphatic rings. The molecule has 2 aliphatic heterocycles. The van der Waals surface area contributed by atoms with E-state index in [0.29, 0.717) is 41.7 Å². The Balaban J connectivity index is 1.32. The van der Waals surface area contributed by atoms with E-state index in [1.165, 1.54) is 35.6 Å². The van der Waals surface area contributed by atoms with Gasteiger partial charge in [-0.3, -0.25) is 14.5 Å². The maximum absolute atomic E-state index is 13.2. The first-order chi connectivity index (χ1) is 16.5. The molecule has 3 heterocycles. The maximum atomic E-state index is 13.2. The topological polar surface area (TPSA) is 94.6 Å². The van der Waals surface area contributed by atoms with E-state index >= 15 is 0 Å². The van der Waals surface area contributed by atoms with Crippen molar-refractivity contribution >= 4 is 45.7 Å². The van der Waals surface area contributed by atoms with Crippen molar-refractivity contribution in [2.24, 2.45) is 0 Å². The molecule has 10 heteroatoms. The van der Waals surface area contributed by atoms with Gasteiger partial charge in [-0.25, -0.2) is 14.2 Å². The number of rotatable bonds is 5. The summed E-state index contributed by atoms with van der Waals surface area (Å²) in [7, 11) is 0. The first-order valence-electron chi connectivity index (χ1n) is 11.0. The molecule has 1 saturated heterocycles. The van der Waals surface area contributed by atoms with Gasteiger partial charge in [0.15, 0.2) is 5.13 Å². The van der Waals surface area contributed by atoms with Crippen LogP contribution >= 0.6 is 11.3 Å². The predicted molar refractivity (Wildman–Crippen MR) is 128 cm³/mol. The normalized spacial score (nSPS) is 15.1. The van der Waals surface area contributed by atoms with Crippen LogP contribution in [-0.4, -0.2) is 42.5 Å². The minimum absolute atomic E-state index is 0.0920. The van der Waals surface area contributed by atoms with Crippen LogP contribution in [0, 0.1) is 5.82 Å². The molecule has 1 aromatic heterocycles.